The first-order chi connectivity index (χ1) is 16.5. The molecule has 0 saturated carbocycles. The first kappa shape index (κ1) is 22.2. The van der Waals surface area contributed by atoms with Crippen LogP contribution in [0.4, 0.5) is 20.2 Å². The van der Waals surface area contributed by atoms with Gasteiger partial charge in [-0.05, 0) is 47.9 Å². The number of alkyl halides is 2. The Hall–Kier alpha value is -3.65. The minimum absolute atomic E-state index is 0.0663. The van der Waals surface area contributed by atoms with Crippen molar-refractivity contribution in [3.8, 4) is 11.5 Å². The summed E-state index contributed by atoms with van der Waals surface area (Å²) in [7, 11) is 0. The molecule has 0 aliphatic carbocycles. The van der Waals surface area contributed by atoms with E-state index in [1.54, 1.807) is 4.90 Å². The highest BCUT2D eigenvalue weighted by Crippen LogP contribution is 2.39. The van der Waals surface area contributed by atoms with Crippen molar-refractivity contribution in [3.63, 3.8) is 0 Å². The van der Waals surface area contributed by atoms with E-state index in [9.17, 15) is 18.7 Å². The zero-order chi connectivity index (χ0) is 23.7. The van der Waals surface area contributed by atoms with Gasteiger partial charge in [0.15, 0.2) is 0 Å². The topological polar surface area (TPSA) is 62.2 Å². The number of nitrogens with zero attached hydrogens (tertiary/aromatic N) is 2. The number of carbonyl (C=O) groups excluding carboxylic acids is 1. The van der Waals surface area contributed by atoms with E-state index in [0.717, 1.165) is 41.2 Å². The van der Waals surface area contributed by atoms with E-state index in [1.165, 1.54) is 0 Å². The molecule has 1 N–H and O–H groups in total. The van der Waals surface area contributed by atoms with Gasteiger partial charge in [0.05, 0.1) is 6.61 Å². The third kappa shape index (κ3) is 4.28. The number of rotatable bonds is 6. The van der Waals surface area contributed by atoms with E-state index >= 15 is 0 Å². The molecular weight excluding hydrogens is 442 g/mol. The average molecular weight is 466 g/mol. The normalized spacial score (nSPS) is 15.1. The number of hydrogen-bond donors (Lipinski definition) is 1. The number of aromatic hydroxyl groups is 1. The van der Waals surface area contributed by atoms with E-state index in [1.807, 2.05) is 48.5 Å². The van der Waals surface area contributed by atoms with Crippen LogP contribution in [0, 0.1) is 0 Å². The van der Waals surface area contributed by atoms with Gasteiger partial charge in [0.2, 0.25) is 0 Å². The number of phenolic OH excluding ortho intramolecular Hbond substituents is 1. The summed E-state index contributed by atoms with van der Waals surface area (Å²) < 4.78 is 38.0. The molecular formula is C26H24F2N2O4. The third-order valence-electron chi connectivity index (χ3n) is 6.13. The fraction of sp³-hybridized carbons (Fsp3) is 0.269. The standard InChI is InChI=1S/C26H24F2N2O4/c27-25(28)19-13-22(31)24(23(14-19)34-15-17-4-2-1-3-5-17)26(32)30-9-8-18-12-20(6-7-21(18)30)29-10-11-33-16-29/h1-7,12-14,25,31H,8-11,15-16H2. The summed E-state index contributed by atoms with van der Waals surface area (Å²) in [6.07, 6.45) is -2.16. The molecule has 3 aromatic carbocycles. The van der Waals surface area contributed by atoms with Crippen molar-refractivity contribution in [2.75, 3.05) is 36.2 Å². The second kappa shape index (κ2) is 9.30. The van der Waals surface area contributed by atoms with Crippen LogP contribution in [0.15, 0.2) is 60.7 Å². The van der Waals surface area contributed by atoms with Crippen LogP contribution in [0.2, 0.25) is 0 Å². The summed E-state index contributed by atoms with van der Waals surface area (Å²) >= 11 is 0. The summed E-state index contributed by atoms with van der Waals surface area (Å²) in [5.41, 5.74) is 3.06. The molecule has 176 valence electrons. The second-order valence-electron chi connectivity index (χ2n) is 8.31. The Balaban J connectivity index is 1.45. The number of ether oxygens (including phenoxy) is 2. The van der Waals surface area contributed by atoms with Crippen LogP contribution in [0.1, 0.15) is 33.5 Å². The van der Waals surface area contributed by atoms with Gasteiger partial charge in [-0.15, -0.1) is 0 Å². The highest BCUT2D eigenvalue weighted by Gasteiger charge is 2.31. The minimum atomic E-state index is -2.81. The SMILES string of the molecule is O=C(c1c(O)cc(C(F)F)cc1OCc1ccccc1)N1CCc2cc(N3CCOC3)ccc21. The Bertz CT molecular complexity index is 1200. The molecule has 6 nitrogen and oxygen atoms in total. The first-order valence-corrected chi connectivity index (χ1v) is 11.1. The molecule has 1 fully saturated rings. The smallest absolute Gasteiger partial charge is 0.265 e. The van der Waals surface area contributed by atoms with Crippen molar-refractivity contribution >= 4 is 17.3 Å². The number of halogens is 2. The molecule has 2 aliphatic rings. The predicted molar refractivity (Wildman–Crippen MR) is 124 cm³/mol. The van der Waals surface area contributed by atoms with E-state index in [4.69, 9.17) is 9.47 Å². The second-order valence-corrected chi connectivity index (χ2v) is 8.31. The van der Waals surface area contributed by atoms with Crippen molar-refractivity contribution in [1.29, 1.82) is 0 Å². The van der Waals surface area contributed by atoms with Crippen LogP contribution >= 0.6 is 0 Å². The van der Waals surface area contributed by atoms with Crippen LogP contribution in [0.25, 0.3) is 0 Å². The fourth-order valence-electron chi connectivity index (χ4n) is 4.36. The van der Waals surface area contributed by atoms with Crippen molar-refractivity contribution in [2.45, 2.75) is 19.5 Å². The molecule has 0 radical (unpaired) electrons. The predicted octanol–water partition coefficient (Wildman–Crippen LogP) is 4.91. The largest absolute Gasteiger partial charge is 0.507 e. The van der Waals surface area contributed by atoms with Crippen LogP contribution in [-0.4, -0.2) is 37.4 Å². The minimum Gasteiger partial charge on any atom is -0.507 e. The summed E-state index contributed by atoms with van der Waals surface area (Å²) in [6.45, 7) is 2.52. The monoisotopic (exact) mass is 466 g/mol. The van der Waals surface area contributed by atoms with E-state index < -0.39 is 23.6 Å². The number of carbonyl (C=O) groups is 1. The average Bonchev–Trinajstić information content (AvgIpc) is 3.52. The maximum Gasteiger partial charge on any atom is 0.265 e. The molecule has 5 rings (SSSR count). The number of fused-ring (bicyclic) bond motifs is 1. The summed E-state index contributed by atoms with van der Waals surface area (Å²) in [4.78, 5) is 17.2. The zero-order valence-corrected chi connectivity index (χ0v) is 18.4. The molecule has 8 heteroatoms. The van der Waals surface area contributed by atoms with Gasteiger partial charge in [-0.2, -0.15) is 0 Å². The Kier molecular flexibility index (Phi) is 6.06. The van der Waals surface area contributed by atoms with Gasteiger partial charge >= 0.3 is 0 Å². The van der Waals surface area contributed by atoms with Crippen LogP contribution in [-0.2, 0) is 17.8 Å². The summed E-state index contributed by atoms with van der Waals surface area (Å²) in [5, 5.41) is 10.6. The lowest BCUT2D eigenvalue weighted by molar-refractivity contribution is 0.0981. The molecule has 1 amide bonds. The van der Waals surface area contributed by atoms with Crippen LogP contribution in [0.3, 0.4) is 0 Å². The van der Waals surface area contributed by atoms with Crippen LogP contribution < -0.4 is 14.5 Å². The highest BCUT2D eigenvalue weighted by atomic mass is 19.3. The molecule has 0 aromatic heterocycles. The quantitative estimate of drug-likeness (QED) is 0.560. The molecule has 34 heavy (non-hydrogen) atoms. The Morgan fingerprint density at radius 3 is 2.65 bits per heavy atom. The van der Waals surface area contributed by atoms with Gasteiger partial charge < -0.3 is 24.4 Å². The van der Waals surface area contributed by atoms with Gasteiger partial charge in [-0.25, -0.2) is 8.78 Å². The third-order valence-corrected chi connectivity index (χ3v) is 6.13. The van der Waals surface area contributed by atoms with Crippen molar-refractivity contribution in [1.82, 2.24) is 0 Å². The maximum absolute atomic E-state index is 13.6. The highest BCUT2D eigenvalue weighted by molar-refractivity contribution is 6.11. The molecule has 0 bridgehead atoms. The van der Waals surface area contributed by atoms with Gasteiger partial charge in [0, 0.05) is 30.0 Å². The van der Waals surface area contributed by atoms with Gasteiger partial charge in [0.25, 0.3) is 12.3 Å². The lowest BCUT2D eigenvalue weighted by Crippen LogP contribution is -2.29. The van der Waals surface area contributed by atoms with E-state index in [-0.39, 0.29) is 17.9 Å². The fourth-order valence-corrected chi connectivity index (χ4v) is 4.36. The molecule has 2 aliphatic heterocycles. The maximum atomic E-state index is 13.6. The van der Waals surface area contributed by atoms with Crippen molar-refractivity contribution in [3.05, 3.63) is 82.9 Å². The van der Waals surface area contributed by atoms with E-state index in [0.29, 0.717) is 26.3 Å². The Labute approximate surface area is 195 Å². The number of benzene rings is 3. The molecule has 0 atom stereocenters. The lowest BCUT2D eigenvalue weighted by atomic mass is 10.1. The summed E-state index contributed by atoms with van der Waals surface area (Å²) in [6, 6.07) is 17.1. The van der Waals surface area contributed by atoms with Crippen molar-refractivity contribution in [2.24, 2.45) is 0 Å². The van der Waals surface area contributed by atoms with Crippen molar-refractivity contribution < 1.29 is 28.2 Å². The van der Waals surface area contributed by atoms with E-state index in [2.05, 4.69) is 4.90 Å². The molecule has 2 heterocycles. The van der Waals surface area contributed by atoms with Crippen LogP contribution in [0.5, 0.6) is 11.5 Å². The number of phenols is 1. The van der Waals surface area contributed by atoms with Gasteiger partial charge in [0.1, 0.15) is 30.4 Å². The zero-order valence-electron chi connectivity index (χ0n) is 18.4. The first-order valence-electron chi connectivity index (χ1n) is 11.1. The van der Waals surface area contributed by atoms with Gasteiger partial charge in [-0.3, -0.25) is 4.79 Å². The lowest BCUT2D eigenvalue weighted by Gasteiger charge is -2.22. The Morgan fingerprint density at radius 1 is 1.09 bits per heavy atom. The molecule has 1 saturated heterocycles. The number of anilines is 2. The number of amides is 1. The molecule has 3 aromatic rings. The molecule has 0 unspecified atom stereocenters. The summed E-state index contributed by atoms with van der Waals surface area (Å²) in [5.74, 6) is -1.08. The molecule has 0 spiro atoms. The van der Waals surface area contributed by atoms with Gasteiger partial charge in [-0.1, -0.05) is 30.3 Å². The number of hydrogen-bond acceptors (Lipinski definition) is 5. The Morgan fingerprint density at radius 2 is 1.91 bits per heavy atom.